The number of imide groups is 1. The monoisotopic (exact) mass is 517 g/mol. The molecule has 182 valence electrons. The summed E-state index contributed by atoms with van der Waals surface area (Å²) in [5.41, 5.74) is 3.22. The summed E-state index contributed by atoms with van der Waals surface area (Å²) in [6.45, 7) is 2.99. The van der Waals surface area contributed by atoms with Crippen LogP contribution in [-0.4, -0.2) is 53.0 Å². The summed E-state index contributed by atoms with van der Waals surface area (Å²) in [4.78, 5) is 44.3. The van der Waals surface area contributed by atoms with E-state index in [-0.39, 0.29) is 23.6 Å². The number of nitrogens with zero attached hydrogens (tertiary/aromatic N) is 3. The molecule has 0 atom stereocenters. The van der Waals surface area contributed by atoms with Crippen LogP contribution in [0.2, 0.25) is 5.02 Å². The van der Waals surface area contributed by atoms with Crippen molar-refractivity contribution in [3.8, 4) is 0 Å². The molecule has 0 aliphatic carbocycles. The van der Waals surface area contributed by atoms with Crippen molar-refractivity contribution in [3.63, 3.8) is 0 Å². The Morgan fingerprint density at radius 1 is 0.889 bits per heavy atom. The van der Waals surface area contributed by atoms with E-state index in [2.05, 4.69) is 17.0 Å². The lowest BCUT2D eigenvalue weighted by Gasteiger charge is -2.36. The number of carbonyl (C=O) groups excluding carboxylic acids is 3. The van der Waals surface area contributed by atoms with Crippen LogP contribution in [0.15, 0.2) is 83.8 Å². The van der Waals surface area contributed by atoms with Crippen LogP contribution in [0.4, 0.5) is 10.5 Å². The predicted molar refractivity (Wildman–Crippen MR) is 144 cm³/mol. The Labute approximate surface area is 219 Å². The van der Waals surface area contributed by atoms with Gasteiger partial charge in [0.1, 0.15) is 0 Å². The molecule has 2 saturated heterocycles. The number of benzene rings is 3. The van der Waals surface area contributed by atoms with Gasteiger partial charge in [0.25, 0.3) is 17.1 Å². The van der Waals surface area contributed by atoms with E-state index in [4.69, 9.17) is 11.6 Å². The van der Waals surface area contributed by atoms with E-state index >= 15 is 0 Å². The molecule has 0 saturated carbocycles. The van der Waals surface area contributed by atoms with Crippen molar-refractivity contribution in [3.05, 3.63) is 105 Å². The summed E-state index contributed by atoms with van der Waals surface area (Å²) in [6.07, 6.45) is 1.67. The highest BCUT2D eigenvalue weighted by atomic mass is 35.5. The largest absolute Gasteiger partial charge is 0.368 e. The number of hydrogen-bond acceptors (Lipinski definition) is 5. The highest BCUT2D eigenvalue weighted by Crippen LogP contribution is 2.33. The number of rotatable bonds is 5. The third kappa shape index (κ3) is 5.32. The fourth-order valence-electron chi connectivity index (χ4n) is 4.36. The maximum Gasteiger partial charge on any atom is 0.293 e. The Bertz CT molecular complexity index is 1340. The average Bonchev–Trinajstić information content (AvgIpc) is 3.16. The smallest absolute Gasteiger partial charge is 0.293 e. The van der Waals surface area contributed by atoms with Gasteiger partial charge in [-0.15, -0.1) is 0 Å². The van der Waals surface area contributed by atoms with Gasteiger partial charge in [-0.25, -0.2) is 0 Å². The minimum atomic E-state index is -0.348. The molecule has 0 N–H and O–H groups in total. The highest BCUT2D eigenvalue weighted by Gasteiger charge is 2.35. The zero-order valence-corrected chi connectivity index (χ0v) is 21.0. The molecule has 6 nitrogen and oxygen atoms in total. The first kappa shape index (κ1) is 24.2. The molecule has 0 unspecified atom stereocenters. The lowest BCUT2D eigenvalue weighted by atomic mass is 10.1. The van der Waals surface area contributed by atoms with Crippen LogP contribution in [0.3, 0.4) is 0 Å². The first-order chi connectivity index (χ1) is 17.5. The van der Waals surface area contributed by atoms with Crippen molar-refractivity contribution in [1.29, 1.82) is 0 Å². The van der Waals surface area contributed by atoms with E-state index < -0.39 is 0 Å². The normalized spacial score (nSPS) is 17.2. The maximum atomic E-state index is 13.2. The maximum absolute atomic E-state index is 13.2. The Morgan fingerprint density at radius 2 is 1.64 bits per heavy atom. The van der Waals surface area contributed by atoms with Crippen LogP contribution in [0.1, 0.15) is 21.5 Å². The Kier molecular flexibility index (Phi) is 7.11. The molecule has 2 fully saturated rings. The van der Waals surface area contributed by atoms with Crippen LogP contribution in [-0.2, 0) is 11.3 Å². The van der Waals surface area contributed by atoms with Crippen LogP contribution in [0, 0.1) is 0 Å². The fourth-order valence-corrected chi connectivity index (χ4v) is 5.41. The van der Waals surface area contributed by atoms with E-state index in [1.54, 1.807) is 42.5 Å². The van der Waals surface area contributed by atoms with Crippen molar-refractivity contribution in [2.75, 3.05) is 31.1 Å². The van der Waals surface area contributed by atoms with Crippen molar-refractivity contribution >= 4 is 52.2 Å². The van der Waals surface area contributed by atoms with Gasteiger partial charge < -0.3 is 9.80 Å². The van der Waals surface area contributed by atoms with Gasteiger partial charge in [-0.1, -0.05) is 54.1 Å². The second-order valence-corrected chi connectivity index (χ2v) is 10.1. The fraction of sp³-hybridized carbons (Fsp3) is 0.179. The SMILES string of the molecule is O=C(c1cccc(/C=C2\SC(=O)N(Cc3cccc(Cl)c3)C2=O)c1)N1CCN(c2ccccc2)CC1. The van der Waals surface area contributed by atoms with Crippen molar-refractivity contribution in [2.24, 2.45) is 0 Å². The summed E-state index contributed by atoms with van der Waals surface area (Å²) in [7, 11) is 0. The van der Waals surface area contributed by atoms with E-state index in [9.17, 15) is 14.4 Å². The van der Waals surface area contributed by atoms with Crippen molar-refractivity contribution < 1.29 is 14.4 Å². The van der Waals surface area contributed by atoms with Crippen LogP contribution >= 0.6 is 23.4 Å². The molecule has 8 heteroatoms. The highest BCUT2D eigenvalue weighted by molar-refractivity contribution is 8.18. The number of para-hydroxylation sites is 1. The second-order valence-electron chi connectivity index (χ2n) is 8.64. The molecule has 0 bridgehead atoms. The van der Waals surface area contributed by atoms with E-state index in [1.165, 1.54) is 4.90 Å². The number of hydrogen-bond donors (Lipinski definition) is 0. The van der Waals surface area contributed by atoms with Gasteiger partial charge in [0, 0.05) is 42.5 Å². The molecule has 0 spiro atoms. The van der Waals surface area contributed by atoms with Crippen LogP contribution < -0.4 is 4.90 Å². The zero-order valence-electron chi connectivity index (χ0n) is 19.5. The van der Waals surface area contributed by atoms with Gasteiger partial charge in [0.2, 0.25) is 0 Å². The molecule has 2 heterocycles. The molecule has 0 aromatic heterocycles. The average molecular weight is 518 g/mol. The van der Waals surface area contributed by atoms with Gasteiger partial charge >= 0.3 is 0 Å². The summed E-state index contributed by atoms with van der Waals surface area (Å²) in [6, 6.07) is 24.5. The van der Waals surface area contributed by atoms with Crippen molar-refractivity contribution in [2.45, 2.75) is 6.54 Å². The molecule has 36 heavy (non-hydrogen) atoms. The molecule has 0 radical (unpaired) electrons. The van der Waals surface area contributed by atoms with E-state index in [1.807, 2.05) is 35.2 Å². The topological polar surface area (TPSA) is 60.9 Å². The number of halogens is 1. The van der Waals surface area contributed by atoms with Gasteiger partial charge in [0.05, 0.1) is 11.4 Å². The molecule has 5 rings (SSSR count). The number of anilines is 1. The first-order valence-electron chi connectivity index (χ1n) is 11.7. The van der Waals surface area contributed by atoms with Gasteiger partial charge in [-0.05, 0) is 65.4 Å². The zero-order chi connectivity index (χ0) is 25.1. The summed E-state index contributed by atoms with van der Waals surface area (Å²) >= 11 is 6.94. The Morgan fingerprint density at radius 3 is 2.39 bits per heavy atom. The lowest BCUT2D eigenvalue weighted by molar-refractivity contribution is -0.123. The third-order valence-electron chi connectivity index (χ3n) is 6.22. The predicted octanol–water partition coefficient (Wildman–Crippen LogP) is 5.54. The second kappa shape index (κ2) is 10.6. The Hall–Kier alpha value is -3.55. The molecular weight excluding hydrogens is 494 g/mol. The number of carbonyl (C=O) groups is 3. The van der Waals surface area contributed by atoms with Gasteiger partial charge in [-0.3, -0.25) is 19.3 Å². The summed E-state index contributed by atoms with van der Waals surface area (Å²) in [5, 5.41) is 0.229. The van der Waals surface area contributed by atoms with Gasteiger partial charge in [-0.2, -0.15) is 0 Å². The minimum absolute atomic E-state index is 0.0352. The van der Waals surface area contributed by atoms with E-state index in [0.717, 1.165) is 36.1 Å². The molecule has 2 aliphatic rings. The molecular formula is C28H24ClN3O3S. The Balaban J connectivity index is 1.26. The number of amides is 3. The van der Waals surface area contributed by atoms with Gasteiger partial charge in [0.15, 0.2) is 0 Å². The molecule has 3 aromatic carbocycles. The van der Waals surface area contributed by atoms with E-state index in [0.29, 0.717) is 34.1 Å². The van der Waals surface area contributed by atoms with Crippen molar-refractivity contribution in [1.82, 2.24) is 9.80 Å². The van der Waals surface area contributed by atoms with Crippen LogP contribution in [0.25, 0.3) is 6.08 Å². The van der Waals surface area contributed by atoms with Crippen LogP contribution in [0.5, 0.6) is 0 Å². The summed E-state index contributed by atoms with van der Waals surface area (Å²) < 4.78 is 0. The number of thioether (sulfide) groups is 1. The summed E-state index contributed by atoms with van der Waals surface area (Å²) in [5.74, 6) is -0.384. The first-order valence-corrected chi connectivity index (χ1v) is 12.9. The molecule has 3 aromatic rings. The lowest BCUT2D eigenvalue weighted by Crippen LogP contribution is -2.48. The number of piperazine rings is 1. The minimum Gasteiger partial charge on any atom is -0.368 e. The standard InChI is InChI=1S/C28H24ClN3O3S/c29-23-9-5-7-21(17-23)19-32-27(34)25(36-28(32)35)18-20-6-4-8-22(16-20)26(33)31-14-12-30(13-15-31)24-10-2-1-3-11-24/h1-11,16-18H,12-15,19H2/b25-18-. The molecule has 2 aliphatic heterocycles. The third-order valence-corrected chi connectivity index (χ3v) is 7.37. The quantitative estimate of drug-likeness (QED) is 0.416. The molecule has 3 amide bonds.